The number of aliphatic hydroxyl groups is 1. The van der Waals surface area contributed by atoms with E-state index in [9.17, 15) is 9.90 Å². The summed E-state index contributed by atoms with van der Waals surface area (Å²) in [6.45, 7) is 0.267. The third-order valence-electron chi connectivity index (χ3n) is 4.06. The van der Waals surface area contributed by atoms with Crippen LogP contribution in [0.1, 0.15) is 11.7 Å². The van der Waals surface area contributed by atoms with Gasteiger partial charge in [-0.1, -0.05) is 36.4 Å². The van der Waals surface area contributed by atoms with E-state index in [1.54, 1.807) is 37.5 Å². The number of nitrogens with one attached hydrogen (secondary N) is 3. The number of likely N-dealkylation sites (N-methyl/N-ethyl adjacent to an activating group) is 1. The summed E-state index contributed by atoms with van der Waals surface area (Å²) in [6, 6.07) is 18.3. The van der Waals surface area contributed by atoms with Crippen LogP contribution in [-0.4, -0.2) is 41.2 Å². The van der Waals surface area contributed by atoms with Crippen molar-refractivity contribution in [2.24, 2.45) is 0 Å². The Labute approximate surface area is 169 Å². The summed E-state index contributed by atoms with van der Waals surface area (Å²) in [5, 5.41) is 19.0. The van der Waals surface area contributed by atoms with Gasteiger partial charge in [-0.2, -0.15) is 4.98 Å². The van der Waals surface area contributed by atoms with Crippen LogP contribution in [0.25, 0.3) is 0 Å². The van der Waals surface area contributed by atoms with E-state index in [-0.39, 0.29) is 12.5 Å². The van der Waals surface area contributed by atoms with Gasteiger partial charge in [-0.15, -0.1) is 0 Å². The SMILES string of the molecule is CNC(=O)COc1cccc(Nc2nccc(NCC(O)c3ccccc3)n2)c1. The predicted octanol–water partition coefficient (Wildman–Crippen LogP) is 2.49. The highest BCUT2D eigenvalue weighted by Crippen LogP contribution is 2.20. The molecule has 29 heavy (non-hydrogen) atoms. The van der Waals surface area contributed by atoms with Crippen LogP contribution >= 0.6 is 0 Å². The van der Waals surface area contributed by atoms with Crippen LogP contribution in [0.4, 0.5) is 17.5 Å². The molecule has 3 aromatic rings. The average Bonchev–Trinajstić information content (AvgIpc) is 2.77. The van der Waals surface area contributed by atoms with Crippen molar-refractivity contribution in [1.29, 1.82) is 0 Å². The molecule has 150 valence electrons. The average molecular weight is 393 g/mol. The first-order chi connectivity index (χ1) is 14.1. The number of ether oxygens (including phenoxy) is 1. The number of aliphatic hydroxyl groups excluding tert-OH is 1. The Kier molecular flexibility index (Phi) is 6.96. The van der Waals surface area contributed by atoms with E-state index in [1.165, 1.54) is 0 Å². The van der Waals surface area contributed by atoms with E-state index in [4.69, 9.17) is 4.74 Å². The highest BCUT2D eigenvalue weighted by Gasteiger charge is 2.08. The number of benzene rings is 2. The van der Waals surface area contributed by atoms with Gasteiger partial charge in [-0.05, 0) is 23.8 Å². The molecule has 0 radical (unpaired) electrons. The smallest absolute Gasteiger partial charge is 0.257 e. The van der Waals surface area contributed by atoms with Crippen LogP contribution in [0.5, 0.6) is 5.75 Å². The summed E-state index contributed by atoms with van der Waals surface area (Å²) in [4.78, 5) is 19.9. The summed E-state index contributed by atoms with van der Waals surface area (Å²) < 4.78 is 5.43. The lowest BCUT2D eigenvalue weighted by molar-refractivity contribution is -0.122. The van der Waals surface area contributed by atoms with E-state index in [0.717, 1.165) is 11.3 Å². The summed E-state index contributed by atoms with van der Waals surface area (Å²) >= 11 is 0. The van der Waals surface area contributed by atoms with Gasteiger partial charge in [0.1, 0.15) is 11.6 Å². The lowest BCUT2D eigenvalue weighted by Crippen LogP contribution is -2.24. The van der Waals surface area contributed by atoms with Crippen molar-refractivity contribution in [2.45, 2.75) is 6.10 Å². The van der Waals surface area contributed by atoms with Crippen molar-refractivity contribution < 1.29 is 14.6 Å². The number of amides is 1. The van der Waals surface area contributed by atoms with Crippen LogP contribution in [0.2, 0.25) is 0 Å². The fraction of sp³-hybridized carbons (Fsp3) is 0.190. The molecule has 0 saturated heterocycles. The molecule has 1 atom stereocenters. The zero-order valence-electron chi connectivity index (χ0n) is 16.0. The number of carbonyl (C=O) groups is 1. The fourth-order valence-electron chi connectivity index (χ4n) is 2.53. The summed E-state index contributed by atoms with van der Waals surface area (Å²) in [7, 11) is 1.56. The molecular weight excluding hydrogens is 370 g/mol. The summed E-state index contributed by atoms with van der Waals surface area (Å²) in [5.74, 6) is 1.33. The van der Waals surface area contributed by atoms with E-state index >= 15 is 0 Å². The molecule has 0 aliphatic carbocycles. The van der Waals surface area contributed by atoms with Gasteiger partial charge in [0, 0.05) is 31.5 Å². The first-order valence-corrected chi connectivity index (χ1v) is 9.14. The molecule has 0 fully saturated rings. The molecule has 8 nitrogen and oxygen atoms in total. The lowest BCUT2D eigenvalue weighted by Gasteiger charge is -2.13. The lowest BCUT2D eigenvalue weighted by atomic mass is 10.1. The first-order valence-electron chi connectivity index (χ1n) is 9.14. The molecule has 0 spiro atoms. The molecule has 8 heteroatoms. The molecule has 1 aromatic heterocycles. The van der Waals surface area contributed by atoms with Crippen molar-refractivity contribution in [3.8, 4) is 5.75 Å². The number of anilines is 3. The molecule has 3 rings (SSSR count). The first kappa shape index (κ1) is 20.1. The Morgan fingerprint density at radius 1 is 1.14 bits per heavy atom. The Bertz CT molecular complexity index is 936. The summed E-state index contributed by atoms with van der Waals surface area (Å²) in [5.41, 5.74) is 1.56. The number of carbonyl (C=O) groups excluding carboxylic acids is 1. The normalized spacial score (nSPS) is 11.4. The molecule has 0 aliphatic rings. The molecule has 4 N–H and O–H groups in total. The van der Waals surface area contributed by atoms with E-state index < -0.39 is 6.10 Å². The maximum atomic E-state index is 11.3. The molecule has 0 bridgehead atoms. The van der Waals surface area contributed by atoms with Crippen molar-refractivity contribution in [3.63, 3.8) is 0 Å². The van der Waals surface area contributed by atoms with Crippen LogP contribution in [0, 0.1) is 0 Å². The van der Waals surface area contributed by atoms with E-state index in [2.05, 4.69) is 25.9 Å². The van der Waals surface area contributed by atoms with Gasteiger partial charge in [0.25, 0.3) is 5.91 Å². The van der Waals surface area contributed by atoms with Gasteiger partial charge < -0.3 is 25.8 Å². The van der Waals surface area contributed by atoms with Crippen LogP contribution in [-0.2, 0) is 4.79 Å². The number of rotatable bonds is 9. The van der Waals surface area contributed by atoms with E-state index in [1.807, 2.05) is 36.4 Å². The number of nitrogens with zero attached hydrogens (tertiary/aromatic N) is 2. The van der Waals surface area contributed by atoms with Gasteiger partial charge in [0.15, 0.2) is 6.61 Å². The van der Waals surface area contributed by atoms with Crippen LogP contribution in [0.15, 0.2) is 66.9 Å². The Morgan fingerprint density at radius 2 is 1.97 bits per heavy atom. The largest absolute Gasteiger partial charge is 0.484 e. The second-order valence-corrected chi connectivity index (χ2v) is 6.19. The number of aromatic nitrogens is 2. The zero-order chi connectivity index (χ0) is 20.5. The minimum absolute atomic E-state index is 0.0560. The number of hydrogen-bond acceptors (Lipinski definition) is 7. The maximum absolute atomic E-state index is 11.3. The predicted molar refractivity (Wildman–Crippen MR) is 111 cm³/mol. The van der Waals surface area contributed by atoms with Gasteiger partial charge in [-0.3, -0.25) is 4.79 Å². The molecule has 1 unspecified atom stereocenters. The standard InChI is InChI=1S/C21H23N5O3/c1-22-20(28)14-29-17-9-5-8-16(12-17)25-21-23-11-10-19(26-21)24-13-18(27)15-6-3-2-4-7-15/h2-12,18,27H,13-14H2,1H3,(H,22,28)(H2,23,24,25,26). The Balaban J connectivity index is 1.59. The highest BCUT2D eigenvalue weighted by atomic mass is 16.5. The molecule has 1 heterocycles. The van der Waals surface area contributed by atoms with Gasteiger partial charge in [0.05, 0.1) is 6.10 Å². The Morgan fingerprint density at radius 3 is 2.76 bits per heavy atom. The third-order valence-corrected chi connectivity index (χ3v) is 4.06. The second kappa shape index (κ2) is 10.0. The molecule has 0 aliphatic heterocycles. The molecule has 1 amide bonds. The van der Waals surface area contributed by atoms with Crippen LogP contribution in [0.3, 0.4) is 0 Å². The third kappa shape index (κ3) is 6.18. The van der Waals surface area contributed by atoms with E-state index in [0.29, 0.717) is 24.1 Å². The van der Waals surface area contributed by atoms with Crippen molar-refractivity contribution in [2.75, 3.05) is 30.8 Å². The Hall–Kier alpha value is -3.65. The van der Waals surface area contributed by atoms with Gasteiger partial charge >= 0.3 is 0 Å². The van der Waals surface area contributed by atoms with Crippen LogP contribution < -0.4 is 20.7 Å². The van der Waals surface area contributed by atoms with Crippen molar-refractivity contribution in [3.05, 3.63) is 72.4 Å². The minimum Gasteiger partial charge on any atom is -0.484 e. The fourth-order valence-corrected chi connectivity index (χ4v) is 2.53. The molecule has 0 saturated carbocycles. The monoisotopic (exact) mass is 393 g/mol. The zero-order valence-corrected chi connectivity index (χ0v) is 16.0. The summed E-state index contributed by atoms with van der Waals surface area (Å²) in [6.07, 6.45) is 0.982. The van der Waals surface area contributed by atoms with Crippen molar-refractivity contribution in [1.82, 2.24) is 15.3 Å². The van der Waals surface area contributed by atoms with Crippen molar-refractivity contribution >= 4 is 23.4 Å². The molecule has 2 aromatic carbocycles. The maximum Gasteiger partial charge on any atom is 0.257 e. The number of hydrogen-bond donors (Lipinski definition) is 4. The topological polar surface area (TPSA) is 108 Å². The van der Waals surface area contributed by atoms with Gasteiger partial charge in [0.2, 0.25) is 5.95 Å². The second-order valence-electron chi connectivity index (χ2n) is 6.19. The van der Waals surface area contributed by atoms with Gasteiger partial charge in [-0.25, -0.2) is 4.98 Å². The molecular formula is C21H23N5O3. The minimum atomic E-state index is -0.642. The quantitative estimate of drug-likeness (QED) is 0.442. The highest BCUT2D eigenvalue weighted by molar-refractivity contribution is 5.77.